The Morgan fingerprint density at radius 1 is 0.968 bits per heavy atom. The van der Waals surface area contributed by atoms with Crippen LogP contribution in [-0.4, -0.2) is 25.9 Å². The number of nitrogens with two attached hydrogens (primary N) is 1. The van der Waals surface area contributed by atoms with E-state index in [1.54, 1.807) is 0 Å². The van der Waals surface area contributed by atoms with Gasteiger partial charge in [-0.25, -0.2) is 4.39 Å². The molecule has 3 N–H and O–H groups in total. The second kappa shape index (κ2) is 9.12. The van der Waals surface area contributed by atoms with Gasteiger partial charge in [-0.15, -0.1) is 0 Å². The maximum Gasteiger partial charge on any atom is 0.306 e. The van der Waals surface area contributed by atoms with Gasteiger partial charge in [0.25, 0.3) is 0 Å². The van der Waals surface area contributed by atoms with E-state index in [-0.39, 0.29) is 36.6 Å². The molecule has 2 aromatic heterocycles. The Balaban J connectivity index is 1.33. The lowest BCUT2D eigenvalue weighted by atomic mass is 10.1. The number of aromatic nitrogens is 4. The topological polar surface area (TPSA) is 116 Å². The number of benzene rings is 2. The van der Waals surface area contributed by atoms with Crippen molar-refractivity contribution in [3.63, 3.8) is 0 Å². The summed E-state index contributed by atoms with van der Waals surface area (Å²) in [5, 5.41) is 3.95. The monoisotopic (exact) mass is 418 g/mol. The van der Waals surface area contributed by atoms with Crippen molar-refractivity contribution in [2.24, 2.45) is 0 Å². The first-order valence-corrected chi connectivity index (χ1v) is 9.58. The van der Waals surface area contributed by atoms with Crippen LogP contribution in [0.25, 0.3) is 10.9 Å². The van der Waals surface area contributed by atoms with Gasteiger partial charge in [0, 0.05) is 23.2 Å². The summed E-state index contributed by atoms with van der Waals surface area (Å²) in [5.41, 5.74) is 7.99. The molecule has 4 aromatic rings. The summed E-state index contributed by atoms with van der Waals surface area (Å²) < 4.78 is 18.3. The number of ether oxygens (including phenoxy) is 1. The molecular weight excluding hydrogens is 399 g/mol. The van der Waals surface area contributed by atoms with Crippen molar-refractivity contribution in [3.05, 3.63) is 78.0 Å². The number of carbonyl (C=O) groups excluding carboxylic acids is 1. The second-order valence-corrected chi connectivity index (χ2v) is 6.72. The first-order valence-electron chi connectivity index (χ1n) is 9.58. The molecule has 0 unspecified atom stereocenters. The van der Waals surface area contributed by atoms with Crippen LogP contribution in [0.1, 0.15) is 17.9 Å². The number of hydrogen-bond acceptors (Lipinski definition) is 8. The van der Waals surface area contributed by atoms with Crippen LogP contribution in [0.3, 0.4) is 0 Å². The van der Waals surface area contributed by atoms with Crippen LogP contribution in [0.5, 0.6) is 0 Å². The zero-order valence-electron chi connectivity index (χ0n) is 16.5. The fourth-order valence-corrected chi connectivity index (χ4v) is 2.92. The van der Waals surface area contributed by atoms with Crippen LogP contribution in [0.4, 0.5) is 22.0 Å². The Bertz CT molecular complexity index is 1220. The number of halogens is 1. The molecule has 0 aliphatic rings. The number of aryl methyl sites for hydroxylation is 1. The third-order valence-corrected chi connectivity index (χ3v) is 4.40. The molecular formula is C22H19FN6O2. The molecule has 156 valence electrons. The number of rotatable bonds is 7. The van der Waals surface area contributed by atoms with E-state index in [1.165, 1.54) is 24.3 Å². The Kier molecular flexibility index (Phi) is 5.93. The van der Waals surface area contributed by atoms with Crippen LogP contribution in [0.2, 0.25) is 0 Å². The maximum atomic E-state index is 13.0. The third-order valence-electron chi connectivity index (χ3n) is 4.40. The number of nitrogens with one attached hydrogen (secondary N) is 1. The minimum atomic E-state index is -0.401. The number of anilines is 3. The first-order chi connectivity index (χ1) is 15.0. The molecule has 0 amide bonds. The summed E-state index contributed by atoms with van der Waals surface area (Å²) in [4.78, 5) is 28.8. The molecule has 4 rings (SSSR count). The summed E-state index contributed by atoms with van der Waals surface area (Å²) in [5.74, 6) is -0.403. The van der Waals surface area contributed by atoms with Crippen molar-refractivity contribution in [1.29, 1.82) is 0 Å². The van der Waals surface area contributed by atoms with E-state index in [4.69, 9.17) is 10.5 Å². The SMILES string of the molecule is Nc1nc(COC(=O)CCc2ccc3ccccc3n2)nc(Nc2ccc(F)cc2)n1. The summed E-state index contributed by atoms with van der Waals surface area (Å²) in [6.45, 7) is -0.144. The number of nitrogen functional groups attached to an aromatic ring is 1. The zero-order valence-corrected chi connectivity index (χ0v) is 16.5. The Morgan fingerprint density at radius 3 is 2.61 bits per heavy atom. The fraction of sp³-hybridized carbons (Fsp3) is 0.136. The fourth-order valence-electron chi connectivity index (χ4n) is 2.92. The normalized spacial score (nSPS) is 10.7. The molecule has 9 heteroatoms. The molecule has 0 bridgehead atoms. The van der Waals surface area contributed by atoms with Crippen molar-refractivity contribution in [2.75, 3.05) is 11.1 Å². The van der Waals surface area contributed by atoms with Gasteiger partial charge >= 0.3 is 5.97 Å². The standard InChI is InChI=1S/C22H19FN6O2/c23-15-6-9-17(10-7-15)26-22-28-19(27-21(24)29-22)13-31-20(30)12-11-16-8-5-14-3-1-2-4-18(14)25-16/h1-10H,11-13H2,(H3,24,26,27,28,29). The van der Waals surface area contributed by atoms with Gasteiger partial charge in [-0.1, -0.05) is 24.3 Å². The molecule has 0 aliphatic carbocycles. The summed E-state index contributed by atoms with van der Waals surface area (Å²) in [6.07, 6.45) is 0.632. The largest absolute Gasteiger partial charge is 0.457 e. The molecule has 0 saturated heterocycles. The number of fused-ring (bicyclic) bond motifs is 1. The average molecular weight is 418 g/mol. The van der Waals surface area contributed by atoms with E-state index in [9.17, 15) is 9.18 Å². The first kappa shape index (κ1) is 20.1. The van der Waals surface area contributed by atoms with E-state index in [1.807, 2.05) is 36.4 Å². The van der Waals surface area contributed by atoms with Gasteiger partial charge in [0.1, 0.15) is 5.82 Å². The highest BCUT2D eigenvalue weighted by Crippen LogP contribution is 2.15. The lowest BCUT2D eigenvalue weighted by Gasteiger charge is -2.08. The van der Waals surface area contributed by atoms with Gasteiger partial charge in [0.15, 0.2) is 12.4 Å². The van der Waals surface area contributed by atoms with Crippen molar-refractivity contribution in [1.82, 2.24) is 19.9 Å². The number of para-hydroxylation sites is 1. The minimum absolute atomic E-state index is 0.0222. The number of pyridine rings is 1. The van der Waals surface area contributed by atoms with Crippen molar-refractivity contribution in [2.45, 2.75) is 19.4 Å². The van der Waals surface area contributed by atoms with Crippen LogP contribution in [0, 0.1) is 5.82 Å². The highest BCUT2D eigenvalue weighted by atomic mass is 19.1. The molecule has 2 heterocycles. The predicted octanol–water partition coefficient (Wildman–Crippen LogP) is 3.56. The molecule has 0 atom stereocenters. The summed E-state index contributed by atoms with van der Waals surface area (Å²) >= 11 is 0. The van der Waals surface area contributed by atoms with E-state index >= 15 is 0 Å². The highest BCUT2D eigenvalue weighted by molar-refractivity contribution is 5.78. The molecule has 31 heavy (non-hydrogen) atoms. The van der Waals surface area contributed by atoms with Crippen molar-refractivity contribution < 1.29 is 13.9 Å². The summed E-state index contributed by atoms with van der Waals surface area (Å²) in [6, 6.07) is 17.4. The maximum absolute atomic E-state index is 13.0. The predicted molar refractivity (Wildman–Crippen MR) is 114 cm³/mol. The molecule has 8 nitrogen and oxygen atoms in total. The van der Waals surface area contributed by atoms with Crippen molar-refractivity contribution in [3.8, 4) is 0 Å². The van der Waals surface area contributed by atoms with E-state index in [2.05, 4.69) is 25.3 Å². The minimum Gasteiger partial charge on any atom is -0.457 e. The van der Waals surface area contributed by atoms with Gasteiger partial charge < -0.3 is 15.8 Å². The molecule has 0 saturated carbocycles. The zero-order chi connectivity index (χ0) is 21.6. The van der Waals surface area contributed by atoms with Crippen LogP contribution in [0.15, 0.2) is 60.7 Å². The number of hydrogen-bond donors (Lipinski definition) is 2. The molecule has 2 aromatic carbocycles. The van der Waals surface area contributed by atoms with Crippen LogP contribution < -0.4 is 11.1 Å². The Labute approximate surface area is 177 Å². The lowest BCUT2D eigenvalue weighted by Crippen LogP contribution is -2.11. The second-order valence-electron chi connectivity index (χ2n) is 6.72. The molecule has 0 spiro atoms. The van der Waals surface area contributed by atoms with Gasteiger partial charge in [-0.05, 0) is 36.4 Å². The van der Waals surface area contributed by atoms with Crippen LogP contribution >= 0.6 is 0 Å². The average Bonchev–Trinajstić information content (AvgIpc) is 2.77. The molecule has 0 radical (unpaired) electrons. The number of carbonyl (C=O) groups is 1. The third kappa shape index (κ3) is 5.47. The Hall–Kier alpha value is -4.14. The quantitative estimate of drug-likeness (QED) is 0.438. The molecule has 0 aliphatic heterocycles. The van der Waals surface area contributed by atoms with Gasteiger partial charge in [0.05, 0.1) is 11.9 Å². The van der Waals surface area contributed by atoms with E-state index in [0.29, 0.717) is 12.1 Å². The van der Waals surface area contributed by atoms with Crippen molar-refractivity contribution >= 4 is 34.5 Å². The van der Waals surface area contributed by atoms with Gasteiger partial charge in [-0.3, -0.25) is 9.78 Å². The molecule has 0 fully saturated rings. The highest BCUT2D eigenvalue weighted by Gasteiger charge is 2.10. The number of nitrogens with zero attached hydrogens (tertiary/aromatic N) is 4. The lowest BCUT2D eigenvalue weighted by molar-refractivity contribution is -0.145. The smallest absolute Gasteiger partial charge is 0.306 e. The van der Waals surface area contributed by atoms with E-state index < -0.39 is 5.97 Å². The Morgan fingerprint density at radius 2 is 1.77 bits per heavy atom. The van der Waals surface area contributed by atoms with Crippen LogP contribution in [-0.2, 0) is 22.6 Å². The van der Waals surface area contributed by atoms with Gasteiger partial charge in [-0.2, -0.15) is 15.0 Å². The van der Waals surface area contributed by atoms with E-state index in [0.717, 1.165) is 16.6 Å². The van der Waals surface area contributed by atoms with Gasteiger partial charge in [0.2, 0.25) is 11.9 Å². The summed E-state index contributed by atoms with van der Waals surface area (Å²) in [7, 11) is 0. The number of esters is 1.